The second kappa shape index (κ2) is 9.65. The van der Waals surface area contributed by atoms with Gasteiger partial charge in [-0.15, -0.1) is 0 Å². The van der Waals surface area contributed by atoms with Crippen LogP contribution < -0.4 is 0 Å². The monoisotopic (exact) mass is 565 g/mol. The number of para-hydroxylation sites is 4. The number of nitrogens with zero attached hydrogens (tertiary/aromatic N) is 3. The maximum atomic E-state index is 6.52. The summed E-state index contributed by atoms with van der Waals surface area (Å²) in [5, 5.41) is 5.54. The standard InChI is InChI=1S/C40H27N3O/c1-2-37-41-34-18-6-7-19-35(34)43(37)28-14-10-12-26(24-28)25-11-9-13-27(23-25)39-32-22-21-30-29-15-4-8-20-36(29)44-40(30)38(32)31-16-3-5-17-33(31)42-39/h3-24H,2H2,1H3. The molecule has 0 aliphatic heterocycles. The molecular formula is C40H27N3O. The number of furan rings is 1. The average molecular weight is 566 g/mol. The van der Waals surface area contributed by atoms with Gasteiger partial charge in [0.05, 0.1) is 22.2 Å². The maximum absolute atomic E-state index is 6.52. The van der Waals surface area contributed by atoms with Crippen molar-refractivity contribution in [1.29, 1.82) is 0 Å². The van der Waals surface area contributed by atoms with Gasteiger partial charge in [-0.3, -0.25) is 4.57 Å². The normalized spacial score (nSPS) is 11.8. The van der Waals surface area contributed by atoms with E-state index in [0.29, 0.717) is 0 Å². The number of fused-ring (bicyclic) bond motifs is 8. The second-order valence-corrected chi connectivity index (χ2v) is 11.3. The summed E-state index contributed by atoms with van der Waals surface area (Å²) in [7, 11) is 0. The molecule has 4 heteroatoms. The molecule has 0 radical (unpaired) electrons. The summed E-state index contributed by atoms with van der Waals surface area (Å²) < 4.78 is 8.80. The summed E-state index contributed by atoms with van der Waals surface area (Å²) in [6.45, 7) is 2.16. The zero-order valence-electron chi connectivity index (χ0n) is 24.2. The Bertz CT molecular complexity index is 2550. The summed E-state index contributed by atoms with van der Waals surface area (Å²) in [6.07, 6.45) is 0.855. The lowest BCUT2D eigenvalue weighted by Crippen LogP contribution is -2.00. The minimum absolute atomic E-state index is 0.855. The van der Waals surface area contributed by atoms with E-state index in [0.717, 1.165) is 95.0 Å². The molecule has 0 N–H and O–H groups in total. The van der Waals surface area contributed by atoms with Crippen molar-refractivity contribution in [3.63, 3.8) is 0 Å². The molecule has 0 saturated heterocycles. The largest absolute Gasteiger partial charge is 0.455 e. The van der Waals surface area contributed by atoms with Gasteiger partial charge in [0.25, 0.3) is 0 Å². The van der Waals surface area contributed by atoms with Crippen LogP contribution >= 0.6 is 0 Å². The number of aryl methyl sites for hydroxylation is 1. The molecule has 0 fully saturated rings. The summed E-state index contributed by atoms with van der Waals surface area (Å²) in [6, 6.07) is 46.8. The molecule has 0 saturated carbocycles. The molecule has 0 atom stereocenters. The SMILES string of the molecule is CCc1nc2ccccc2n1-c1cccc(-c2cccc(-c3nc4ccccc4c4c3ccc3c5ccccc5oc34)c2)c1. The highest BCUT2D eigenvalue weighted by molar-refractivity contribution is 6.24. The van der Waals surface area contributed by atoms with Crippen molar-refractivity contribution in [2.24, 2.45) is 0 Å². The van der Waals surface area contributed by atoms with Crippen molar-refractivity contribution >= 4 is 54.6 Å². The number of imidazole rings is 1. The Kier molecular flexibility index (Phi) is 5.44. The van der Waals surface area contributed by atoms with Crippen molar-refractivity contribution < 1.29 is 4.42 Å². The lowest BCUT2D eigenvalue weighted by Gasteiger charge is -2.13. The third kappa shape index (κ3) is 3.71. The average Bonchev–Trinajstić information content (AvgIpc) is 3.66. The number of aromatic nitrogens is 3. The zero-order chi connectivity index (χ0) is 29.2. The maximum Gasteiger partial charge on any atom is 0.144 e. The molecular weight excluding hydrogens is 538 g/mol. The first-order valence-corrected chi connectivity index (χ1v) is 15.1. The van der Waals surface area contributed by atoms with Gasteiger partial charge in [0.15, 0.2) is 0 Å². The highest BCUT2D eigenvalue weighted by Gasteiger charge is 2.18. The van der Waals surface area contributed by atoms with E-state index in [1.165, 1.54) is 0 Å². The van der Waals surface area contributed by atoms with Crippen LogP contribution in [0.4, 0.5) is 0 Å². The Morgan fingerprint density at radius 1 is 0.568 bits per heavy atom. The molecule has 3 heterocycles. The second-order valence-electron chi connectivity index (χ2n) is 11.3. The van der Waals surface area contributed by atoms with E-state index in [4.69, 9.17) is 14.4 Å². The number of benzene rings is 6. The van der Waals surface area contributed by atoms with Gasteiger partial charge in [-0.1, -0.05) is 91.9 Å². The molecule has 0 unspecified atom stereocenters. The van der Waals surface area contributed by atoms with Crippen LogP contribution in [0.15, 0.2) is 138 Å². The van der Waals surface area contributed by atoms with Crippen LogP contribution in [0.5, 0.6) is 0 Å². The highest BCUT2D eigenvalue weighted by atomic mass is 16.3. The predicted molar refractivity (Wildman–Crippen MR) is 181 cm³/mol. The minimum atomic E-state index is 0.855. The fraction of sp³-hybridized carbons (Fsp3) is 0.0500. The van der Waals surface area contributed by atoms with Crippen molar-refractivity contribution in [2.75, 3.05) is 0 Å². The van der Waals surface area contributed by atoms with Crippen molar-refractivity contribution in [3.8, 4) is 28.1 Å². The summed E-state index contributed by atoms with van der Waals surface area (Å²) >= 11 is 0. The lowest BCUT2D eigenvalue weighted by molar-refractivity contribution is 0.673. The number of rotatable bonds is 4. The van der Waals surface area contributed by atoms with E-state index >= 15 is 0 Å². The summed E-state index contributed by atoms with van der Waals surface area (Å²) in [4.78, 5) is 10.1. The Morgan fingerprint density at radius 2 is 1.27 bits per heavy atom. The first-order valence-electron chi connectivity index (χ1n) is 15.1. The molecule has 0 aliphatic rings. The van der Waals surface area contributed by atoms with Crippen LogP contribution in [0.25, 0.3) is 82.7 Å². The molecule has 6 aromatic carbocycles. The zero-order valence-corrected chi connectivity index (χ0v) is 24.2. The Labute approximate surface area is 253 Å². The van der Waals surface area contributed by atoms with Gasteiger partial charge >= 0.3 is 0 Å². The third-order valence-corrected chi connectivity index (χ3v) is 8.73. The molecule has 4 nitrogen and oxygen atoms in total. The summed E-state index contributed by atoms with van der Waals surface area (Å²) in [5.41, 5.74) is 10.3. The van der Waals surface area contributed by atoms with Crippen LogP contribution in [0.1, 0.15) is 12.7 Å². The molecule has 0 bridgehead atoms. The van der Waals surface area contributed by atoms with Gasteiger partial charge in [0, 0.05) is 44.6 Å². The molecule has 44 heavy (non-hydrogen) atoms. The first kappa shape index (κ1) is 24.8. The van der Waals surface area contributed by atoms with Gasteiger partial charge in [-0.25, -0.2) is 9.97 Å². The van der Waals surface area contributed by atoms with E-state index in [9.17, 15) is 0 Å². The minimum Gasteiger partial charge on any atom is -0.455 e. The topological polar surface area (TPSA) is 43.9 Å². The molecule has 9 aromatic rings. The Hall–Kier alpha value is -5.74. The van der Waals surface area contributed by atoms with Crippen molar-refractivity contribution in [1.82, 2.24) is 14.5 Å². The molecule has 9 rings (SSSR count). The van der Waals surface area contributed by atoms with E-state index in [-0.39, 0.29) is 0 Å². The first-order chi connectivity index (χ1) is 21.8. The third-order valence-electron chi connectivity index (χ3n) is 8.73. The summed E-state index contributed by atoms with van der Waals surface area (Å²) in [5.74, 6) is 1.06. The molecule has 0 spiro atoms. The van der Waals surface area contributed by atoms with Crippen LogP contribution in [-0.2, 0) is 6.42 Å². The smallest absolute Gasteiger partial charge is 0.144 e. The van der Waals surface area contributed by atoms with Gasteiger partial charge in [-0.2, -0.15) is 0 Å². The highest BCUT2D eigenvalue weighted by Crippen LogP contribution is 2.41. The molecule has 208 valence electrons. The van der Waals surface area contributed by atoms with Gasteiger partial charge < -0.3 is 4.42 Å². The number of pyridine rings is 1. The van der Waals surface area contributed by atoms with E-state index in [2.05, 4.69) is 127 Å². The fourth-order valence-corrected chi connectivity index (χ4v) is 6.71. The lowest BCUT2D eigenvalue weighted by atomic mass is 9.96. The van der Waals surface area contributed by atoms with Gasteiger partial charge in [0.1, 0.15) is 17.0 Å². The van der Waals surface area contributed by atoms with Crippen molar-refractivity contribution in [2.45, 2.75) is 13.3 Å². The molecule has 0 aliphatic carbocycles. The quantitative estimate of drug-likeness (QED) is 0.199. The molecule has 3 aromatic heterocycles. The van der Waals surface area contributed by atoms with E-state index in [1.54, 1.807) is 0 Å². The van der Waals surface area contributed by atoms with Crippen LogP contribution in [0.3, 0.4) is 0 Å². The van der Waals surface area contributed by atoms with E-state index < -0.39 is 0 Å². The van der Waals surface area contributed by atoms with E-state index in [1.807, 2.05) is 18.2 Å². The Morgan fingerprint density at radius 3 is 2.16 bits per heavy atom. The predicted octanol–water partition coefficient (Wildman–Crippen LogP) is 10.5. The fourth-order valence-electron chi connectivity index (χ4n) is 6.71. The van der Waals surface area contributed by atoms with Crippen LogP contribution in [-0.4, -0.2) is 14.5 Å². The van der Waals surface area contributed by atoms with Gasteiger partial charge in [0.2, 0.25) is 0 Å². The van der Waals surface area contributed by atoms with Crippen LogP contribution in [0.2, 0.25) is 0 Å². The molecule has 0 amide bonds. The van der Waals surface area contributed by atoms with Crippen LogP contribution in [0, 0.1) is 0 Å². The van der Waals surface area contributed by atoms with Gasteiger partial charge in [-0.05, 0) is 59.7 Å². The number of hydrogen-bond acceptors (Lipinski definition) is 3. The van der Waals surface area contributed by atoms with Crippen molar-refractivity contribution in [3.05, 3.63) is 139 Å². The Balaban J connectivity index is 1.24. The number of hydrogen-bond donors (Lipinski definition) is 0.